The van der Waals surface area contributed by atoms with Gasteiger partial charge in [0.25, 0.3) is 5.91 Å². The number of aromatic nitrogens is 2. The lowest BCUT2D eigenvalue weighted by molar-refractivity contribution is 0.0714. The highest BCUT2D eigenvalue weighted by molar-refractivity contribution is 5.94. The van der Waals surface area contributed by atoms with Crippen molar-refractivity contribution in [3.8, 4) is 0 Å². The minimum Gasteiger partial charge on any atom is -0.443 e. The zero-order valence-electron chi connectivity index (χ0n) is 14.1. The zero-order chi connectivity index (χ0) is 17.9. The number of hydrogen-bond donors (Lipinski definition) is 0. The highest BCUT2D eigenvalue weighted by Gasteiger charge is 2.33. The Morgan fingerprint density at radius 2 is 2.08 bits per heavy atom. The van der Waals surface area contributed by atoms with Crippen molar-refractivity contribution in [3.63, 3.8) is 0 Å². The molecule has 26 heavy (non-hydrogen) atoms. The fraction of sp³-hybridized carbons (Fsp3) is 0.250. The second-order valence-corrected chi connectivity index (χ2v) is 6.37. The van der Waals surface area contributed by atoms with Crippen molar-refractivity contribution in [3.05, 3.63) is 83.6 Å². The molecular weight excluding hydrogens is 333 g/mol. The van der Waals surface area contributed by atoms with Crippen molar-refractivity contribution in [1.29, 1.82) is 0 Å². The Labute approximate surface area is 150 Å². The highest BCUT2D eigenvalue weighted by atomic mass is 19.1. The highest BCUT2D eigenvalue weighted by Crippen LogP contribution is 2.33. The Balaban J connectivity index is 1.51. The molecule has 4 rings (SSSR count). The lowest BCUT2D eigenvalue weighted by Gasteiger charge is -2.22. The van der Waals surface area contributed by atoms with E-state index in [9.17, 15) is 9.18 Å². The zero-order valence-corrected chi connectivity index (χ0v) is 14.1. The number of halogens is 1. The monoisotopic (exact) mass is 351 g/mol. The number of oxazole rings is 1. The van der Waals surface area contributed by atoms with Crippen LogP contribution in [0.1, 0.15) is 46.5 Å². The molecule has 0 radical (unpaired) electrons. The van der Waals surface area contributed by atoms with E-state index in [1.165, 1.54) is 12.1 Å². The van der Waals surface area contributed by atoms with Gasteiger partial charge in [-0.2, -0.15) is 0 Å². The molecule has 1 unspecified atom stereocenters. The first kappa shape index (κ1) is 16.4. The van der Waals surface area contributed by atoms with E-state index < -0.39 is 0 Å². The van der Waals surface area contributed by atoms with Crippen LogP contribution in [-0.4, -0.2) is 27.3 Å². The predicted octanol–water partition coefficient (Wildman–Crippen LogP) is 3.78. The van der Waals surface area contributed by atoms with E-state index in [1.807, 2.05) is 0 Å². The van der Waals surface area contributed by atoms with Gasteiger partial charge in [-0.25, -0.2) is 9.37 Å². The van der Waals surface area contributed by atoms with Crippen LogP contribution in [0.25, 0.3) is 0 Å². The summed E-state index contributed by atoms with van der Waals surface area (Å²) in [6.07, 6.45) is 7.18. The van der Waals surface area contributed by atoms with Crippen LogP contribution >= 0.6 is 0 Å². The van der Waals surface area contributed by atoms with Crippen LogP contribution in [0.2, 0.25) is 0 Å². The fourth-order valence-corrected chi connectivity index (χ4v) is 3.28. The molecule has 1 aromatic carbocycles. The molecule has 3 aromatic rings. The number of rotatable bonds is 4. The number of carbonyl (C=O) groups excluding carboxylic acids is 1. The topological polar surface area (TPSA) is 59.2 Å². The Morgan fingerprint density at radius 1 is 1.23 bits per heavy atom. The maximum atomic E-state index is 13.0. The molecule has 3 heterocycles. The maximum absolute atomic E-state index is 13.0. The van der Waals surface area contributed by atoms with Gasteiger partial charge in [-0.05, 0) is 42.7 Å². The second-order valence-electron chi connectivity index (χ2n) is 6.37. The molecule has 5 nitrogen and oxygen atoms in total. The van der Waals surface area contributed by atoms with Crippen LogP contribution < -0.4 is 0 Å². The van der Waals surface area contributed by atoms with Gasteiger partial charge in [0.1, 0.15) is 17.6 Å². The standard InChI is InChI=1S/C20H18FN3O2/c21-16-7-5-14(6-8-16)11-17-13-23-19(26-17)18-4-2-10-24(18)20(25)15-3-1-9-22-12-15/h1,3,5-9,12-13,18H,2,4,10-11H2. The summed E-state index contributed by atoms with van der Waals surface area (Å²) in [5.41, 5.74) is 1.52. The molecule has 2 aromatic heterocycles. The van der Waals surface area contributed by atoms with Crippen LogP contribution in [0.4, 0.5) is 4.39 Å². The van der Waals surface area contributed by atoms with Crippen molar-refractivity contribution < 1.29 is 13.6 Å². The summed E-state index contributed by atoms with van der Waals surface area (Å²) in [5, 5.41) is 0. The number of benzene rings is 1. The first-order chi connectivity index (χ1) is 12.7. The first-order valence-corrected chi connectivity index (χ1v) is 8.61. The Hall–Kier alpha value is -3.02. The average Bonchev–Trinajstić information content (AvgIpc) is 3.33. The largest absolute Gasteiger partial charge is 0.443 e. The van der Waals surface area contributed by atoms with Crippen LogP contribution in [0, 0.1) is 5.82 Å². The second kappa shape index (κ2) is 7.07. The maximum Gasteiger partial charge on any atom is 0.256 e. The van der Waals surface area contributed by atoms with E-state index in [0.29, 0.717) is 30.2 Å². The summed E-state index contributed by atoms with van der Waals surface area (Å²) in [6, 6.07) is 9.67. The van der Waals surface area contributed by atoms with Crippen molar-refractivity contribution in [2.24, 2.45) is 0 Å². The molecule has 0 bridgehead atoms. The lowest BCUT2D eigenvalue weighted by Crippen LogP contribution is -2.30. The third kappa shape index (κ3) is 3.35. The molecule has 1 atom stereocenters. The number of amides is 1. The molecular formula is C20H18FN3O2. The van der Waals surface area contributed by atoms with Gasteiger partial charge >= 0.3 is 0 Å². The van der Waals surface area contributed by atoms with Crippen molar-refractivity contribution in [2.45, 2.75) is 25.3 Å². The molecule has 1 aliphatic heterocycles. The van der Waals surface area contributed by atoms with E-state index in [4.69, 9.17) is 4.42 Å². The van der Waals surface area contributed by atoms with Gasteiger partial charge in [0, 0.05) is 25.4 Å². The normalized spacial score (nSPS) is 16.8. The fourth-order valence-electron chi connectivity index (χ4n) is 3.28. The molecule has 0 N–H and O–H groups in total. The number of pyridine rings is 1. The molecule has 0 saturated carbocycles. The van der Waals surface area contributed by atoms with E-state index >= 15 is 0 Å². The third-order valence-electron chi connectivity index (χ3n) is 4.57. The summed E-state index contributed by atoms with van der Waals surface area (Å²) in [4.78, 5) is 22.9. The van der Waals surface area contributed by atoms with Gasteiger partial charge in [-0.1, -0.05) is 12.1 Å². The van der Waals surface area contributed by atoms with Gasteiger partial charge in [-0.3, -0.25) is 9.78 Å². The van der Waals surface area contributed by atoms with E-state index in [0.717, 1.165) is 18.4 Å². The quantitative estimate of drug-likeness (QED) is 0.718. The van der Waals surface area contributed by atoms with Crippen molar-refractivity contribution in [2.75, 3.05) is 6.54 Å². The van der Waals surface area contributed by atoms with Gasteiger partial charge < -0.3 is 9.32 Å². The van der Waals surface area contributed by atoms with Crippen LogP contribution in [0.15, 0.2) is 59.4 Å². The molecule has 1 aliphatic rings. The Bertz CT molecular complexity index is 893. The minimum absolute atomic E-state index is 0.0566. The lowest BCUT2D eigenvalue weighted by atomic mass is 10.1. The van der Waals surface area contributed by atoms with E-state index in [-0.39, 0.29) is 17.8 Å². The van der Waals surface area contributed by atoms with Crippen molar-refractivity contribution in [1.82, 2.24) is 14.9 Å². The Kier molecular flexibility index (Phi) is 4.48. The van der Waals surface area contributed by atoms with Crippen LogP contribution in [0.3, 0.4) is 0 Å². The first-order valence-electron chi connectivity index (χ1n) is 8.61. The number of nitrogens with zero attached hydrogens (tertiary/aromatic N) is 3. The molecule has 6 heteroatoms. The molecule has 0 aliphatic carbocycles. The summed E-state index contributed by atoms with van der Waals surface area (Å²) >= 11 is 0. The average molecular weight is 351 g/mol. The summed E-state index contributed by atoms with van der Waals surface area (Å²) < 4.78 is 18.9. The minimum atomic E-state index is -0.262. The molecule has 1 fully saturated rings. The molecule has 0 spiro atoms. The number of carbonyl (C=O) groups is 1. The van der Waals surface area contributed by atoms with Gasteiger partial charge in [0.05, 0.1) is 11.8 Å². The number of hydrogen-bond acceptors (Lipinski definition) is 4. The molecule has 1 amide bonds. The van der Waals surface area contributed by atoms with Crippen LogP contribution in [-0.2, 0) is 6.42 Å². The molecule has 132 valence electrons. The summed E-state index contributed by atoms with van der Waals surface area (Å²) in [6.45, 7) is 0.675. The SMILES string of the molecule is O=C(c1cccnc1)N1CCCC1c1ncc(Cc2ccc(F)cc2)o1. The summed E-state index contributed by atoms with van der Waals surface area (Å²) in [7, 11) is 0. The van der Waals surface area contributed by atoms with Gasteiger partial charge in [0.2, 0.25) is 5.89 Å². The van der Waals surface area contributed by atoms with Gasteiger partial charge in [-0.15, -0.1) is 0 Å². The van der Waals surface area contributed by atoms with E-state index in [1.54, 1.807) is 47.8 Å². The smallest absolute Gasteiger partial charge is 0.256 e. The predicted molar refractivity (Wildman–Crippen MR) is 93.0 cm³/mol. The number of likely N-dealkylation sites (tertiary alicyclic amines) is 1. The Morgan fingerprint density at radius 3 is 2.85 bits per heavy atom. The van der Waals surface area contributed by atoms with Crippen LogP contribution in [0.5, 0.6) is 0 Å². The van der Waals surface area contributed by atoms with E-state index in [2.05, 4.69) is 9.97 Å². The summed E-state index contributed by atoms with van der Waals surface area (Å²) in [5.74, 6) is 0.936. The van der Waals surface area contributed by atoms with Gasteiger partial charge in [0.15, 0.2) is 0 Å². The third-order valence-corrected chi connectivity index (χ3v) is 4.57. The van der Waals surface area contributed by atoms with Crippen molar-refractivity contribution >= 4 is 5.91 Å². The molecule has 1 saturated heterocycles.